The molecule has 0 radical (unpaired) electrons. The topological polar surface area (TPSA) is 75.8 Å². The lowest BCUT2D eigenvalue weighted by molar-refractivity contribution is 0.141. The van der Waals surface area contributed by atoms with Crippen LogP contribution in [0.4, 0.5) is 0 Å². The van der Waals surface area contributed by atoms with Gasteiger partial charge in [0.15, 0.2) is 11.6 Å². The van der Waals surface area contributed by atoms with E-state index in [0.29, 0.717) is 5.41 Å². The lowest BCUT2D eigenvalue weighted by Crippen LogP contribution is -2.39. The number of ether oxygens (including phenoxy) is 1. The van der Waals surface area contributed by atoms with Crippen LogP contribution in [0.25, 0.3) is 5.65 Å². The van der Waals surface area contributed by atoms with E-state index in [9.17, 15) is 0 Å². The molecule has 148 valence electrons. The molecular formula is C20H32N6O. The molecule has 2 aromatic heterocycles. The molecule has 1 fully saturated rings. The maximum atomic E-state index is 5.33. The summed E-state index contributed by atoms with van der Waals surface area (Å²) in [4.78, 5) is 4.90. The Bertz CT molecular complexity index is 735. The van der Waals surface area contributed by atoms with E-state index in [-0.39, 0.29) is 0 Å². The van der Waals surface area contributed by atoms with Gasteiger partial charge < -0.3 is 15.4 Å². The second-order valence-corrected chi connectivity index (χ2v) is 7.37. The van der Waals surface area contributed by atoms with Gasteiger partial charge in [-0.15, -0.1) is 10.2 Å². The molecule has 0 aliphatic heterocycles. The number of aromatic nitrogens is 3. The highest BCUT2D eigenvalue weighted by Gasteiger charge is 2.33. The van der Waals surface area contributed by atoms with Crippen LogP contribution in [0.2, 0.25) is 0 Å². The van der Waals surface area contributed by atoms with Gasteiger partial charge in [0.2, 0.25) is 0 Å². The third-order valence-electron chi connectivity index (χ3n) is 5.44. The van der Waals surface area contributed by atoms with E-state index in [4.69, 9.17) is 9.73 Å². The zero-order chi connectivity index (χ0) is 19.0. The number of nitrogens with one attached hydrogen (secondary N) is 2. The van der Waals surface area contributed by atoms with E-state index in [1.807, 2.05) is 28.8 Å². The quantitative estimate of drug-likeness (QED) is 0.522. The highest BCUT2D eigenvalue weighted by molar-refractivity contribution is 5.79. The number of aliphatic imine (C=N–C) groups is 1. The second kappa shape index (κ2) is 9.69. The van der Waals surface area contributed by atoms with Gasteiger partial charge in [0.25, 0.3) is 0 Å². The van der Waals surface area contributed by atoms with Crippen LogP contribution >= 0.6 is 0 Å². The van der Waals surface area contributed by atoms with Crippen molar-refractivity contribution in [2.45, 2.75) is 45.4 Å². The van der Waals surface area contributed by atoms with E-state index >= 15 is 0 Å². The van der Waals surface area contributed by atoms with Crippen LogP contribution in [0, 0.1) is 5.41 Å². The average Bonchev–Trinajstić information content (AvgIpc) is 3.32. The molecule has 1 saturated carbocycles. The molecule has 0 spiro atoms. The van der Waals surface area contributed by atoms with Gasteiger partial charge in [-0.25, -0.2) is 0 Å². The third kappa shape index (κ3) is 5.19. The van der Waals surface area contributed by atoms with Crippen molar-refractivity contribution in [1.82, 2.24) is 25.2 Å². The second-order valence-electron chi connectivity index (χ2n) is 7.37. The van der Waals surface area contributed by atoms with Crippen LogP contribution in [0.3, 0.4) is 0 Å². The van der Waals surface area contributed by atoms with E-state index in [1.54, 1.807) is 7.11 Å². The number of hydrogen-bond donors (Lipinski definition) is 2. The summed E-state index contributed by atoms with van der Waals surface area (Å²) in [5.41, 5.74) is 1.19. The minimum absolute atomic E-state index is 0.307. The van der Waals surface area contributed by atoms with Gasteiger partial charge >= 0.3 is 0 Å². The van der Waals surface area contributed by atoms with Crippen LogP contribution in [-0.2, 0) is 11.2 Å². The molecule has 1 aliphatic carbocycles. The number of rotatable bonds is 9. The Morgan fingerprint density at radius 1 is 1.26 bits per heavy atom. The van der Waals surface area contributed by atoms with Gasteiger partial charge in [0.1, 0.15) is 5.82 Å². The number of methoxy groups -OCH3 is 1. The summed E-state index contributed by atoms with van der Waals surface area (Å²) in [6.07, 6.45) is 9.02. The first kappa shape index (κ1) is 19.6. The van der Waals surface area contributed by atoms with Crippen LogP contribution in [-0.4, -0.2) is 53.9 Å². The zero-order valence-corrected chi connectivity index (χ0v) is 16.6. The Labute approximate surface area is 161 Å². The Kier molecular flexibility index (Phi) is 7.04. The third-order valence-corrected chi connectivity index (χ3v) is 5.44. The van der Waals surface area contributed by atoms with E-state index < -0.39 is 0 Å². The summed E-state index contributed by atoms with van der Waals surface area (Å²) in [5, 5.41) is 15.3. The molecule has 1 aliphatic rings. The molecule has 27 heavy (non-hydrogen) atoms. The number of pyridine rings is 1. The first-order valence-corrected chi connectivity index (χ1v) is 10.1. The molecule has 0 bridgehead atoms. The number of guanidine groups is 1. The normalized spacial score (nSPS) is 16.7. The van der Waals surface area contributed by atoms with Crippen molar-refractivity contribution in [3.63, 3.8) is 0 Å². The first-order chi connectivity index (χ1) is 13.3. The first-order valence-electron chi connectivity index (χ1n) is 10.1. The number of nitrogens with zero attached hydrogens (tertiary/aromatic N) is 4. The molecule has 3 rings (SSSR count). The summed E-state index contributed by atoms with van der Waals surface area (Å²) in [7, 11) is 1.78. The summed E-state index contributed by atoms with van der Waals surface area (Å²) < 4.78 is 7.36. The molecule has 7 nitrogen and oxygen atoms in total. The molecule has 0 saturated heterocycles. The van der Waals surface area contributed by atoms with Crippen LogP contribution < -0.4 is 10.6 Å². The monoisotopic (exact) mass is 372 g/mol. The highest BCUT2D eigenvalue weighted by atomic mass is 16.5. The van der Waals surface area contributed by atoms with Crippen LogP contribution in [0.1, 0.15) is 44.9 Å². The van der Waals surface area contributed by atoms with E-state index in [1.165, 1.54) is 25.7 Å². The molecule has 2 N–H and O–H groups in total. The summed E-state index contributed by atoms with van der Waals surface area (Å²) in [6, 6.07) is 5.95. The maximum Gasteiger partial charge on any atom is 0.191 e. The highest BCUT2D eigenvalue weighted by Crippen LogP contribution is 2.41. The predicted molar refractivity (Wildman–Crippen MR) is 108 cm³/mol. The summed E-state index contributed by atoms with van der Waals surface area (Å²) in [5.74, 6) is 1.84. The molecule has 2 aromatic rings. The van der Waals surface area contributed by atoms with Crippen LogP contribution in [0.5, 0.6) is 0 Å². The molecule has 7 heteroatoms. The number of hydrogen-bond acceptors (Lipinski definition) is 4. The zero-order valence-electron chi connectivity index (χ0n) is 16.6. The maximum absolute atomic E-state index is 5.33. The van der Waals surface area contributed by atoms with E-state index in [0.717, 1.165) is 56.5 Å². The van der Waals surface area contributed by atoms with Gasteiger partial charge in [0, 0.05) is 46.0 Å². The molecular weight excluding hydrogens is 340 g/mol. The van der Waals surface area contributed by atoms with Crippen molar-refractivity contribution >= 4 is 11.6 Å². The fraction of sp³-hybridized carbons (Fsp3) is 0.650. The van der Waals surface area contributed by atoms with Crippen molar-refractivity contribution in [3.05, 3.63) is 30.2 Å². The Hall–Kier alpha value is -2.15. The van der Waals surface area contributed by atoms with Gasteiger partial charge in [-0.05, 0) is 43.7 Å². The molecule has 0 aromatic carbocycles. The van der Waals surface area contributed by atoms with Crippen molar-refractivity contribution in [2.24, 2.45) is 10.4 Å². The van der Waals surface area contributed by atoms with Gasteiger partial charge in [-0.2, -0.15) is 0 Å². The molecule has 2 heterocycles. The number of fused-ring (bicyclic) bond motifs is 1. The van der Waals surface area contributed by atoms with Crippen LogP contribution in [0.15, 0.2) is 29.4 Å². The smallest absolute Gasteiger partial charge is 0.191 e. The van der Waals surface area contributed by atoms with Crippen molar-refractivity contribution < 1.29 is 4.74 Å². The Morgan fingerprint density at radius 2 is 2.11 bits per heavy atom. The van der Waals surface area contributed by atoms with Crippen molar-refractivity contribution in [1.29, 1.82) is 0 Å². The predicted octanol–water partition coefficient (Wildman–Crippen LogP) is 2.42. The SMILES string of the molecule is CCNC(=NCC1(CCOC)CCCC1)NCCc1nnc2ccccn12. The fourth-order valence-electron chi connectivity index (χ4n) is 3.87. The minimum Gasteiger partial charge on any atom is -0.385 e. The molecule has 0 unspecified atom stereocenters. The van der Waals surface area contributed by atoms with Crippen molar-refractivity contribution in [2.75, 3.05) is 33.4 Å². The van der Waals surface area contributed by atoms with Gasteiger partial charge in [-0.1, -0.05) is 18.9 Å². The Balaban J connectivity index is 1.57. The standard InChI is InChI=1S/C20H32N6O/c1-3-21-19(23-16-20(12-15-27-2)10-5-6-11-20)22-13-9-18-25-24-17-8-4-7-14-26(17)18/h4,7-8,14H,3,5-6,9-13,15-16H2,1-2H3,(H2,21,22,23). The average molecular weight is 373 g/mol. The molecule has 0 amide bonds. The largest absolute Gasteiger partial charge is 0.385 e. The summed E-state index contributed by atoms with van der Waals surface area (Å²) in [6.45, 7) is 5.40. The summed E-state index contributed by atoms with van der Waals surface area (Å²) >= 11 is 0. The van der Waals surface area contributed by atoms with Crippen molar-refractivity contribution in [3.8, 4) is 0 Å². The van der Waals surface area contributed by atoms with Gasteiger partial charge in [0.05, 0.1) is 0 Å². The fourth-order valence-corrected chi connectivity index (χ4v) is 3.87. The minimum atomic E-state index is 0.307. The Morgan fingerprint density at radius 3 is 2.89 bits per heavy atom. The van der Waals surface area contributed by atoms with E-state index in [2.05, 4.69) is 27.8 Å². The lowest BCUT2D eigenvalue weighted by Gasteiger charge is -2.27. The van der Waals surface area contributed by atoms with Gasteiger partial charge in [-0.3, -0.25) is 9.39 Å². The molecule has 0 atom stereocenters. The lowest BCUT2D eigenvalue weighted by atomic mass is 9.83.